The number of aryl methyl sites for hydroxylation is 2. The third-order valence-corrected chi connectivity index (χ3v) is 5.05. The van der Waals surface area contributed by atoms with Crippen molar-refractivity contribution in [2.45, 2.75) is 31.8 Å². The maximum absolute atomic E-state index is 11.9. The zero-order valence-electron chi connectivity index (χ0n) is 14.8. The lowest BCUT2D eigenvalue weighted by Crippen LogP contribution is -2.36. The fraction of sp³-hybridized carbons (Fsp3) is 0.375. The van der Waals surface area contributed by atoms with Crippen LogP contribution < -0.4 is 15.4 Å². The minimum absolute atomic E-state index is 0.225. The molecule has 8 nitrogen and oxygen atoms in total. The summed E-state index contributed by atoms with van der Waals surface area (Å²) in [4.78, 5) is 8.65. The topological polar surface area (TPSA) is 109 Å². The van der Waals surface area contributed by atoms with Crippen molar-refractivity contribution >= 4 is 16.0 Å². The van der Waals surface area contributed by atoms with E-state index in [0.29, 0.717) is 24.9 Å². The Morgan fingerprint density at radius 2 is 1.96 bits per heavy atom. The Morgan fingerprint density at radius 3 is 2.56 bits per heavy atom. The van der Waals surface area contributed by atoms with Crippen LogP contribution in [0.2, 0.25) is 0 Å². The Labute approximate surface area is 147 Å². The number of hydrogen-bond donors (Lipinski definition) is 3. The van der Waals surface area contributed by atoms with E-state index < -0.39 is 10.0 Å². The molecule has 0 fully saturated rings. The third-order valence-electron chi connectivity index (χ3n) is 3.64. The van der Waals surface area contributed by atoms with Gasteiger partial charge in [0.1, 0.15) is 5.76 Å². The van der Waals surface area contributed by atoms with Gasteiger partial charge in [0, 0.05) is 13.6 Å². The highest BCUT2D eigenvalue weighted by Gasteiger charge is 2.11. The molecule has 0 aliphatic heterocycles. The lowest BCUT2D eigenvalue weighted by Gasteiger charge is -2.11. The molecule has 3 N–H and O–H groups in total. The number of rotatable bonds is 6. The van der Waals surface area contributed by atoms with E-state index in [2.05, 4.69) is 25.3 Å². The van der Waals surface area contributed by atoms with Crippen molar-refractivity contribution in [2.24, 2.45) is 4.99 Å². The molecule has 2 rings (SSSR count). The van der Waals surface area contributed by atoms with Gasteiger partial charge in [-0.1, -0.05) is 12.1 Å². The highest BCUT2D eigenvalue weighted by atomic mass is 32.2. The fourth-order valence-electron chi connectivity index (χ4n) is 2.12. The van der Waals surface area contributed by atoms with Gasteiger partial charge in [-0.05, 0) is 38.6 Å². The molecule has 136 valence electrons. The lowest BCUT2D eigenvalue weighted by molar-refractivity contribution is 0.463. The summed E-state index contributed by atoms with van der Waals surface area (Å²) in [5.41, 5.74) is 1.68. The van der Waals surface area contributed by atoms with E-state index in [9.17, 15) is 8.42 Å². The van der Waals surface area contributed by atoms with E-state index >= 15 is 0 Å². The molecule has 1 aromatic carbocycles. The van der Waals surface area contributed by atoms with E-state index in [1.807, 2.05) is 19.9 Å². The highest BCUT2D eigenvalue weighted by molar-refractivity contribution is 7.89. The summed E-state index contributed by atoms with van der Waals surface area (Å²) in [5, 5.41) is 6.23. The molecule has 2 aromatic rings. The van der Waals surface area contributed by atoms with Crippen LogP contribution in [0.25, 0.3) is 0 Å². The van der Waals surface area contributed by atoms with Crippen LogP contribution in [-0.2, 0) is 23.1 Å². The molecule has 0 aliphatic rings. The summed E-state index contributed by atoms with van der Waals surface area (Å²) in [7, 11) is -0.414. The number of sulfonamides is 1. The average molecular weight is 365 g/mol. The second kappa shape index (κ2) is 8.13. The average Bonchev–Trinajstić information content (AvgIpc) is 2.93. The Bertz CT molecular complexity index is 839. The Morgan fingerprint density at radius 1 is 1.24 bits per heavy atom. The van der Waals surface area contributed by atoms with Gasteiger partial charge in [-0.25, -0.2) is 18.1 Å². The molecule has 1 aromatic heterocycles. The van der Waals surface area contributed by atoms with E-state index in [1.54, 1.807) is 25.2 Å². The molecule has 25 heavy (non-hydrogen) atoms. The van der Waals surface area contributed by atoms with E-state index in [-0.39, 0.29) is 4.90 Å². The van der Waals surface area contributed by atoms with Crippen LogP contribution >= 0.6 is 0 Å². The largest absolute Gasteiger partial charge is 0.444 e. The fourth-order valence-corrected chi connectivity index (χ4v) is 2.92. The second-order valence-corrected chi connectivity index (χ2v) is 7.27. The summed E-state index contributed by atoms with van der Waals surface area (Å²) in [6.45, 7) is 4.59. The number of nitrogens with zero attached hydrogens (tertiary/aromatic N) is 2. The Kier molecular flexibility index (Phi) is 6.16. The zero-order valence-corrected chi connectivity index (χ0v) is 15.6. The first-order valence-electron chi connectivity index (χ1n) is 7.75. The van der Waals surface area contributed by atoms with Crippen LogP contribution in [0.3, 0.4) is 0 Å². The minimum Gasteiger partial charge on any atom is -0.444 e. The predicted octanol–water partition coefficient (Wildman–Crippen LogP) is 1.06. The van der Waals surface area contributed by atoms with Crippen LogP contribution in [0.15, 0.2) is 38.6 Å². The van der Waals surface area contributed by atoms with Crippen LogP contribution in [0, 0.1) is 13.8 Å². The van der Waals surface area contributed by atoms with Gasteiger partial charge < -0.3 is 15.1 Å². The summed E-state index contributed by atoms with van der Waals surface area (Å²) in [6, 6.07) is 6.72. The predicted molar refractivity (Wildman–Crippen MR) is 95.7 cm³/mol. The summed E-state index contributed by atoms with van der Waals surface area (Å²) in [6.07, 6.45) is 0. The van der Waals surface area contributed by atoms with Gasteiger partial charge in [-0.2, -0.15) is 0 Å². The number of aliphatic imine (C=N–C) groups is 1. The molecule has 1 heterocycles. The molecule has 0 bridgehead atoms. The van der Waals surface area contributed by atoms with Crippen LogP contribution in [-0.4, -0.2) is 33.5 Å². The molecule has 0 spiro atoms. The first kappa shape index (κ1) is 18.9. The molecular formula is C16H23N5O3S. The Hall–Kier alpha value is -2.39. The second-order valence-electron chi connectivity index (χ2n) is 5.38. The number of guanidine groups is 1. The summed E-state index contributed by atoms with van der Waals surface area (Å²) in [5.74, 6) is 1.94. The van der Waals surface area contributed by atoms with Crippen molar-refractivity contribution in [3.63, 3.8) is 0 Å². The Balaban J connectivity index is 1.96. The van der Waals surface area contributed by atoms with Gasteiger partial charge >= 0.3 is 0 Å². The van der Waals surface area contributed by atoms with Crippen molar-refractivity contribution in [3.8, 4) is 0 Å². The minimum atomic E-state index is -3.46. The van der Waals surface area contributed by atoms with Gasteiger partial charge in [0.2, 0.25) is 15.9 Å². The molecule has 0 atom stereocenters. The molecule has 0 amide bonds. The molecule has 0 aliphatic carbocycles. The SMILES string of the molecule is CN=C(NCc1cccc(S(=O)(=O)NC)c1)NCc1nc(C)c(C)o1. The molecular weight excluding hydrogens is 342 g/mol. The van der Waals surface area contributed by atoms with Crippen molar-refractivity contribution in [1.29, 1.82) is 0 Å². The number of aromatic nitrogens is 1. The number of hydrogen-bond acceptors (Lipinski definition) is 5. The van der Waals surface area contributed by atoms with Gasteiger partial charge in [0.15, 0.2) is 5.96 Å². The van der Waals surface area contributed by atoms with Crippen LogP contribution in [0.5, 0.6) is 0 Å². The smallest absolute Gasteiger partial charge is 0.240 e. The highest BCUT2D eigenvalue weighted by Crippen LogP contribution is 2.11. The quantitative estimate of drug-likeness (QED) is 0.522. The standard InChI is InChI=1S/C16H23N5O3S/c1-11-12(2)24-15(21-11)10-20-16(17-3)19-9-13-6-5-7-14(8-13)25(22,23)18-4/h5-8,18H,9-10H2,1-4H3,(H2,17,19,20). The maximum atomic E-state index is 11.9. The monoisotopic (exact) mass is 365 g/mol. The first-order chi connectivity index (χ1) is 11.9. The maximum Gasteiger partial charge on any atom is 0.240 e. The summed E-state index contributed by atoms with van der Waals surface area (Å²) >= 11 is 0. The third kappa shape index (κ3) is 5.04. The number of benzene rings is 1. The van der Waals surface area contributed by atoms with Gasteiger partial charge in [0.05, 0.1) is 17.1 Å². The van der Waals surface area contributed by atoms with Crippen molar-refractivity contribution in [2.75, 3.05) is 14.1 Å². The van der Waals surface area contributed by atoms with E-state index in [0.717, 1.165) is 17.0 Å². The molecule has 0 saturated carbocycles. The van der Waals surface area contributed by atoms with Gasteiger partial charge in [-0.15, -0.1) is 0 Å². The summed E-state index contributed by atoms with van der Waals surface area (Å²) < 4.78 is 31.5. The normalized spacial score (nSPS) is 12.2. The van der Waals surface area contributed by atoms with Crippen molar-refractivity contribution in [3.05, 3.63) is 47.2 Å². The van der Waals surface area contributed by atoms with Crippen molar-refractivity contribution in [1.82, 2.24) is 20.3 Å². The van der Waals surface area contributed by atoms with Crippen molar-refractivity contribution < 1.29 is 12.8 Å². The van der Waals surface area contributed by atoms with Crippen LogP contribution in [0.1, 0.15) is 22.9 Å². The van der Waals surface area contributed by atoms with Crippen LogP contribution in [0.4, 0.5) is 0 Å². The number of nitrogens with one attached hydrogen (secondary N) is 3. The molecule has 0 radical (unpaired) electrons. The zero-order chi connectivity index (χ0) is 18.4. The van der Waals surface area contributed by atoms with Gasteiger partial charge in [0.25, 0.3) is 0 Å². The van der Waals surface area contributed by atoms with E-state index in [4.69, 9.17) is 4.42 Å². The van der Waals surface area contributed by atoms with Gasteiger partial charge in [-0.3, -0.25) is 4.99 Å². The number of oxazole rings is 1. The molecule has 0 unspecified atom stereocenters. The lowest BCUT2D eigenvalue weighted by atomic mass is 10.2. The first-order valence-corrected chi connectivity index (χ1v) is 9.24. The molecule has 9 heteroatoms. The molecule has 0 saturated heterocycles. The van der Waals surface area contributed by atoms with E-state index in [1.165, 1.54) is 7.05 Å².